The fourth-order valence-electron chi connectivity index (χ4n) is 3.04. The van der Waals surface area contributed by atoms with Gasteiger partial charge in [-0.2, -0.15) is 0 Å². The SMILES string of the molecule is Cc1ccc2nc(-c3ccc(NC(=O)[C@@H](C)Oc4ccc(Cl)c(C)c4)cc3)sc2c1. The van der Waals surface area contributed by atoms with Crippen molar-refractivity contribution in [3.8, 4) is 16.3 Å². The van der Waals surface area contributed by atoms with Gasteiger partial charge in [0.1, 0.15) is 10.8 Å². The number of ether oxygens (including phenoxy) is 1. The summed E-state index contributed by atoms with van der Waals surface area (Å²) >= 11 is 7.70. The van der Waals surface area contributed by atoms with Crippen LogP contribution in [0.4, 0.5) is 5.69 Å². The van der Waals surface area contributed by atoms with Crippen LogP contribution in [0.2, 0.25) is 5.02 Å². The van der Waals surface area contributed by atoms with Gasteiger partial charge in [-0.15, -0.1) is 11.3 Å². The van der Waals surface area contributed by atoms with Crippen LogP contribution in [0, 0.1) is 13.8 Å². The van der Waals surface area contributed by atoms with E-state index >= 15 is 0 Å². The molecule has 0 aliphatic heterocycles. The van der Waals surface area contributed by atoms with Gasteiger partial charge in [0.15, 0.2) is 6.10 Å². The Bertz CT molecular complexity index is 1220. The molecule has 0 spiro atoms. The molecule has 0 saturated heterocycles. The monoisotopic (exact) mass is 436 g/mol. The van der Waals surface area contributed by atoms with Gasteiger partial charge in [-0.25, -0.2) is 4.98 Å². The lowest BCUT2D eigenvalue weighted by molar-refractivity contribution is -0.122. The number of rotatable bonds is 5. The number of carbonyl (C=O) groups is 1. The standard InChI is InChI=1S/C24H21ClN2O2S/c1-14-4-11-21-22(12-14)30-24(27-21)17-5-7-18(8-6-17)26-23(28)16(3)29-19-9-10-20(25)15(2)13-19/h4-13,16H,1-3H3,(H,26,28)/t16-/m1/s1. The maximum atomic E-state index is 12.5. The molecule has 1 heterocycles. The predicted octanol–water partition coefficient (Wildman–Crippen LogP) is 6.64. The van der Waals surface area contributed by atoms with Crippen LogP contribution < -0.4 is 10.1 Å². The zero-order valence-corrected chi connectivity index (χ0v) is 18.5. The largest absolute Gasteiger partial charge is 0.481 e. The van der Waals surface area contributed by atoms with Gasteiger partial charge in [0.25, 0.3) is 5.91 Å². The molecule has 1 atom stereocenters. The van der Waals surface area contributed by atoms with Crippen LogP contribution in [0.5, 0.6) is 5.75 Å². The highest BCUT2D eigenvalue weighted by molar-refractivity contribution is 7.21. The fourth-order valence-corrected chi connectivity index (χ4v) is 4.23. The minimum Gasteiger partial charge on any atom is -0.481 e. The van der Waals surface area contributed by atoms with Crippen molar-refractivity contribution in [3.63, 3.8) is 0 Å². The van der Waals surface area contributed by atoms with Crippen LogP contribution in [0.25, 0.3) is 20.8 Å². The quantitative estimate of drug-likeness (QED) is 0.381. The van der Waals surface area contributed by atoms with Crippen LogP contribution in [0.3, 0.4) is 0 Å². The molecule has 0 saturated carbocycles. The minimum atomic E-state index is -0.641. The molecule has 0 aliphatic rings. The summed E-state index contributed by atoms with van der Waals surface area (Å²) in [4.78, 5) is 17.2. The summed E-state index contributed by atoms with van der Waals surface area (Å²) in [5.41, 5.74) is 4.86. The average Bonchev–Trinajstić information content (AvgIpc) is 3.14. The molecular formula is C24H21ClN2O2S. The minimum absolute atomic E-state index is 0.217. The molecule has 1 amide bonds. The Morgan fingerprint density at radius 2 is 1.83 bits per heavy atom. The lowest BCUT2D eigenvalue weighted by atomic mass is 10.2. The number of nitrogens with one attached hydrogen (secondary N) is 1. The highest BCUT2D eigenvalue weighted by Crippen LogP contribution is 2.31. The van der Waals surface area contributed by atoms with E-state index in [4.69, 9.17) is 21.3 Å². The van der Waals surface area contributed by atoms with Gasteiger partial charge < -0.3 is 10.1 Å². The number of anilines is 1. The second kappa shape index (κ2) is 8.46. The topological polar surface area (TPSA) is 51.2 Å². The Kier molecular flexibility index (Phi) is 5.75. The predicted molar refractivity (Wildman–Crippen MR) is 125 cm³/mol. The van der Waals surface area contributed by atoms with Crippen LogP contribution in [0.1, 0.15) is 18.1 Å². The number of hydrogen-bond acceptors (Lipinski definition) is 4. The summed E-state index contributed by atoms with van der Waals surface area (Å²) in [6.07, 6.45) is -0.641. The molecule has 4 nitrogen and oxygen atoms in total. The third kappa shape index (κ3) is 4.48. The Morgan fingerprint density at radius 3 is 2.57 bits per heavy atom. The summed E-state index contributed by atoms with van der Waals surface area (Å²) < 4.78 is 6.91. The van der Waals surface area contributed by atoms with Crippen LogP contribution in [-0.2, 0) is 4.79 Å². The fraction of sp³-hybridized carbons (Fsp3) is 0.167. The van der Waals surface area contributed by atoms with E-state index < -0.39 is 6.10 Å². The normalized spacial score (nSPS) is 12.0. The van der Waals surface area contributed by atoms with Crippen LogP contribution in [-0.4, -0.2) is 17.0 Å². The molecule has 0 aliphatic carbocycles. The first-order valence-corrected chi connectivity index (χ1v) is 10.8. The van der Waals surface area contributed by atoms with Gasteiger partial charge in [0.05, 0.1) is 10.2 Å². The first-order chi connectivity index (χ1) is 14.4. The summed E-state index contributed by atoms with van der Waals surface area (Å²) in [6.45, 7) is 5.69. The van der Waals surface area contributed by atoms with Crippen molar-refractivity contribution in [2.24, 2.45) is 0 Å². The number of hydrogen-bond donors (Lipinski definition) is 1. The number of benzene rings is 3. The Labute approximate surface area is 184 Å². The number of nitrogens with zero attached hydrogens (tertiary/aromatic N) is 1. The molecule has 0 fully saturated rings. The maximum absolute atomic E-state index is 12.5. The second-order valence-corrected chi connectivity index (χ2v) is 8.67. The third-order valence-electron chi connectivity index (χ3n) is 4.75. The summed E-state index contributed by atoms with van der Waals surface area (Å²) in [7, 11) is 0. The zero-order chi connectivity index (χ0) is 21.3. The number of amides is 1. The van der Waals surface area contributed by atoms with Crippen LogP contribution >= 0.6 is 22.9 Å². The molecule has 152 valence electrons. The first-order valence-electron chi connectivity index (χ1n) is 9.60. The Balaban J connectivity index is 1.43. The van der Waals surface area contributed by atoms with Gasteiger partial charge in [-0.1, -0.05) is 17.7 Å². The van der Waals surface area contributed by atoms with E-state index in [1.165, 1.54) is 10.3 Å². The van der Waals surface area contributed by atoms with Gasteiger partial charge in [0.2, 0.25) is 0 Å². The molecule has 6 heteroatoms. The van der Waals surface area contributed by atoms with E-state index in [2.05, 4.69) is 24.4 Å². The van der Waals surface area contributed by atoms with E-state index in [-0.39, 0.29) is 5.91 Å². The Hall–Kier alpha value is -2.89. The lowest BCUT2D eigenvalue weighted by Gasteiger charge is -2.15. The van der Waals surface area contributed by atoms with Crippen molar-refractivity contribution in [1.29, 1.82) is 0 Å². The summed E-state index contributed by atoms with van der Waals surface area (Å²) in [5.74, 6) is 0.395. The molecule has 3 aromatic carbocycles. The number of aromatic nitrogens is 1. The molecule has 1 aromatic heterocycles. The first kappa shape index (κ1) is 20.4. The van der Waals surface area contributed by atoms with Crippen molar-refractivity contribution < 1.29 is 9.53 Å². The highest BCUT2D eigenvalue weighted by Gasteiger charge is 2.15. The molecule has 4 aromatic rings. The Morgan fingerprint density at radius 1 is 1.07 bits per heavy atom. The van der Waals surface area contributed by atoms with E-state index in [0.717, 1.165) is 21.7 Å². The van der Waals surface area contributed by atoms with Gasteiger partial charge >= 0.3 is 0 Å². The van der Waals surface area contributed by atoms with Crippen LogP contribution in [0.15, 0.2) is 60.7 Å². The van der Waals surface area contributed by atoms with Crippen molar-refractivity contribution >= 4 is 44.7 Å². The molecule has 0 radical (unpaired) electrons. The third-order valence-corrected chi connectivity index (χ3v) is 6.25. The average molecular weight is 437 g/mol. The number of fused-ring (bicyclic) bond motifs is 1. The number of aryl methyl sites for hydroxylation is 2. The van der Waals surface area contributed by atoms with Crippen molar-refractivity contribution in [2.45, 2.75) is 26.9 Å². The number of halogens is 1. The maximum Gasteiger partial charge on any atom is 0.265 e. The van der Waals surface area contributed by atoms with Crippen molar-refractivity contribution in [2.75, 3.05) is 5.32 Å². The smallest absolute Gasteiger partial charge is 0.265 e. The molecule has 30 heavy (non-hydrogen) atoms. The molecule has 0 unspecified atom stereocenters. The van der Waals surface area contributed by atoms with E-state index in [9.17, 15) is 4.79 Å². The van der Waals surface area contributed by atoms with E-state index in [0.29, 0.717) is 16.5 Å². The summed E-state index contributed by atoms with van der Waals surface area (Å²) in [5, 5.41) is 4.52. The van der Waals surface area contributed by atoms with Crippen molar-refractivity contribution in [3.05, 3.63) is 76.8 Å². The van der Waals surface area contributed by atoms with E-state index in [1.807, 2.05) is 43.3 Å². The molecular weight excluding hydrogens is 416 g/mol. The van der Waals surface area contributed by atoms with Gasteiger partial charge in [-0.3, -0.25) is 4.79 Å². The van der Waals surface area contributed by atoms with Crippen molar-refractivity contribution in [1.82, 2.24) is 4.98 Å². The number of carbonyl (C=O) groups excluding carboxylic acids is 1. The lowest BCUT2D eigenvalue weighted by Crippen LogP contribution is -2.30. The van der Waals surface area contributed by atoms with Gasteiger partial charge in [0, 0.05) is 16.3 Å². The molecule has 0 bridgehead atoms. The highest BCUT2D eigenvalue weighted by atomic mass is 35.5. The molecule has 1 N–H and O–H groups in total. The number of thiazole rings is 1. The van der Waals surface area contributed by atoms with Gasteiger partial charge in [-0.05, 0) is 86.5 Å². The van der Waals surface area contributed by atoms with E-state index in [1.54, 1.807) is 30.4 Å². The second-order valence-electron chi connectivity index (χ2n) is 7.23. The molecule has 4 rings (SSSR count). The zero-order valence-electron chi connectivity index (χ0n) is 16.9. The summed E-state index contributed by atoms with van der Waals surface area (Å²) in [6, 6.07) is 19.3.